The Labute approximate surface area is 146 Å². The molecule has 1 unspecified atom stereocenters. The first kappa shape index (κ1) is 15.7. The van der Waals surface area contributed by atoms with Crippen molar-refractivity contribution in [2.45, 2.75) is 18.9 Å². The maximum atomic E-state index is 13.0. The normalized spacial score (nSPS) is 20.8. The van der Waals surface area contributed by atoms with E-state index in [2.05, 4.69) is 5.32 Å². The molecule has 0 aromatic heterocycles. The highest BCUT2D eigenvalue weighted by Gasteiger charge is 2.33. The molecule has 3 amide bonds. The second-order valence-corrected chi connectivity index (χ2v) is 6.66. The van der Waals surface area contributed by atoms with Crippen LogP contribution in [0.15, 0.2) is 36.4 Å². The smallest absolute Gasteiger partial charge is 0.317 e. The third-order valence-electron chi connectivity index (χ3n) is 5.15. The number of phenols is 1. The van der Waals surface area contributed by atoms with Gasteiger partial charge in [0.2, 0.25) is 0 Å². The van der Waals surface area contributed by atoms with Gasteiger partial charge in [-0.05, 0) is 24.3 Å². The van der Waals surface area contributed by atoms with Crippen LogP contribution >= 0.6 is 0 Å². The van der Waals surface area contributed by atoms with Gasteiger partial charge in [0.1, 0.15) is 5.75 Å². The summed E-state index contributed by atoms with van der Waals surface area (Å²) in [6, 6.07) is 11.0. The zero-order valence-corrected chi connectivity index (χ0v) is 13.9. The van der Waals surface area contributed by atoms with Gasteiger partial charge >= 0.3 is 6.03 Å². The lowest BCUT2D eigenvalue weighted by molar-refractivity contribution is 0.0632. The molecule has 6 nitrogen and oxygen atoms in total. The van der Waals surface area contributed by atoms with Crippen molar-refractivity contribution < 1.29 is 14.7 Å². The Morgan fingerprint density at radius 1 is 1.16 bits per heavy atom. The molecule has 1 atom stereocenters. The molecule has 2 heterocycles. The Balaban J connectivity index is 1.58. The minimum Gasteiger partial charge on any atom is -0.506 e. The van der Waals surface area contributed by atoms with Crippen molar-refractivity contribution in [3.8, 4) is 5.75 Å². The highest BCUT2D eigenvalue weighted by molar-refractivity contribution is 6.03. The molecule has 0 spiro atoms. The monoisotopic (exact) mass is 339 g/mol. The van der Waals surface area contributed by atoms with E-state index in [9.17, 15) is 14.7 Å². The van der Waals surface area contributed by atoms with E-state index in [0.717, 1.165) is 18.2 Å². The van der Waals surface area contributed by atoms with E-state index in [4.69, 9.17) is 0 Å². The lowest BCUT2D eigenvalue weighted by atomic mass is 10.0. The molecular weight excluding hydrogens is 318 g/mol. The van der Waals surface area contributed by atoms with Gasteiger partial charge in [-0.3, -0.25) is 4.79 Å². The number of phenolic OH excluding ortho intramolecular Hbond substituents is 1. The zero-order valence-electron chi connectivity index (χ0n) is 13.9. The highest BCUT2D eigenvalue weighted by Crippen LogP contribution is 2.30. The summed E-state index contributed by atoms with van der Waals surface area (Å²) in [7, 11) is 0. The minimum absolute atomic E-state index is 0.0316. The second-order valence-electron chi connectivity index (χ2n) is 6.66. The number of nitrogens with one attached hydrogen (secondary N) is 1. The Morgan fingerprint density at radius 3 is 2.80 bits per heavy atom. The number of carbonyl (C=O) groups excluding carboxylic acids is 2. The molecule has 2 saturated heterocycles. The fourth-order valence-corrected chi connectivity index (χ4v) is 3.83. The lowest BCUT2D eigenvalue weighted by Gasteiger charge is -2.37. The van der Waals surface area contributed by atoms with Gasteiger partial charge in [0.25, 0.3) is 5.91 Å². The van der Waals surface area contributed by atoms with E-state index in [0.29, 0.717) is 37.1 Å². The van der Waals surface area contributed by atoms with Gasteiger partial charge in [-0.2, -0.15) is 0 Å². The first-order valence-electron chi connectivity index (χ1n) is 8.69. The van der Waals surface area contributed by atoms with Crippen LogP contribution in [0.1, 0.15) is 23.2 Å². The molecule has 2 aromatic rings. The largest absolute Gasteiger partial charge is 0.506 e. The molecule has 0 radical (unpaired) electrons. The van der Waals surface area contributed by atoms with Crippen LogP contribution in [0.3, 0.4) is 0 Å². The summed E-state index contributed by atoms with van der Waals surface area (Å²) in [6.07, 6.45) is 1.76. The van der Waals surface area contributed by atoms with Crippen molar-refractivity contribution in [2.75, 3.05) is 26.2 Å². The van der Waals surface area contributed by atoms with Crippen molar-refractivity contribution in [2.24, 2.45) is 0 Å². The van der Waals surface area contributed by atoms with E-state index < -0.39 is 0 Å². The predicted molar refractivity (Wildman–Crippen MR) is 94.6 cm³/mol. The number of nitrogens with zero attached hydrogens (tertiary/aromatic N) is 2. The first-order valence-corrected chi connectivity index (χ1v) is 8.69. The molecule has 4 rings (SSSR count). The minimum atomic E-state index is -0.174. The van der Waals surface area contributed by atoms with E-state index in [1.807, 2.05) is 35.2 Å². The quantitative estimate of drug-likeness (QED) is 0.881. The van der Waals surface area contributed by atoms with Gasteiger partial charge < -0.3 is 20.2 Å². The number of aromatic hydroxyl groups is 1. The summed E-state index contributed by atoms with van der Waals surface area (Å²) in [5.41, 5.74) is 0.324. The summed E-state index contributed by atoms with van der Waals surface area (Å²) < 4.78 is 0. The van der Waals surface area contributed by atoms with Gasteiger partial charge in [-0.25, -0.2) is 4.79 Å². The van der Waals surface area contributed by atoms with Crippen LogP contribution < -0.4 is 5.32 Å². The van der Waals surface area contributed by atoms with Gasteiger partial charge in [0.05, 0.1) is 11.6 Å². The number of hydrogen-bond donors (Lipinski definition) is 2. The Hall–Kier alpha value is -2.76. The van der Waals surface area contributed by atoms with Crippen LogP contribution in [0.5, 0.6) is 5.75 Å². The Bertz CT molecular complexity index is 836. The van der Waals surface area contributed by atoms with Crippen LogP contribution in [0.25, 0.3) is 10.8 Å². The number of benzene rings is 2. The molecular formula is C19H21N3O3. The van der Waals surface area contributed by atoms with Gasteiger partial charge in [0, 0.05) is 31.6 Å². The molecule has 2 N–H and O–H groups in total. The maximum Gasteiger partial charge on any atom is 0.317 e. The average molecular weight is 339 g/mol. The summed E-state index contributed by atoms with van der Waals surface area (Å²) in [4.78, 5) is 28.4. The zero-order chi connectivity index (χ0) is 17.4. The Morgan fingerprint density at radius 2 is 2.00 bits per heavy atom. The van der Waals surface area contributed by atoms with Crippen LogP contribution in [0.2, 0.25) is 0 Å². The molecule has 0 bridgehead atoms. The summed E-state index contributed by atoms with van der Waals surface area (Å²) in [6.45, 7) is 2.51. The van der Waals surface area contributed by atoms with E-state index in [1.54, 1.807) is 11.0 Å². The standard InChI is InChI=1S/C19H21N3O3/c23-17-15-6-2-1-4-13(15)7-8-16(17)18(24)21-10-3-5-14(12-21)22-11-9-20-19(22)25/h1-2,4,6-8,14,23H,3,5,9-12H2,(H,20,25). The number of piperidine rings is 1. The number of hydrogen-bond acceptors (Lipinski definition) is 3. The van der Waals surface area contributed by atoms with Crippen molar-refractivity contribution in [1.29, 1.82) is 0 Å². The number of carbonyl (C=O) groups is 2. The van der Waals surface area contributed by atoms with Gasteiger partial charge in [-0.1, -0.05) is 30.3 Å². The van der Waals surface area contributed by atoms with E-state index in [1.165, 1.54) is 0 Å². The number of fused-ring (bicyclic) bond motifs is 1. The number of amides is 3. The SMILES string of the molecule is O=C(c1ccc2ccccc2c1O)N1CCCC(N2CCNC2=O)C1. The number of likely N-dealkylation sites (tertiary alicyclic amines) is 1. The molecule has 2 aromatic carbocycles. The Kier molecular flexibility index (Phi) is 3.95. The van der Waals surface area contributed by atoms with Crippen LogP contribution in [-0.2, 0) is 0 Å². The molecule has 130 valence electrons. The van der Waals surface area contributed by atoms with Crippen molar-refractivity contribution in [1.82, 2.24) is 15.1 Å². The van der Waals surface area contributed by atoms with Crippen LogP contribution in [-0.4, -0.2) is 59.1 Å². The first-order chi connectivity index (χ1) is 12.1. The van der Waals surface area contributed by atoms with Gasteiger partial charge in [0.15, 0.2) is 0 Å². The van der Waals surface area contributed by atoms with Crippen molar-refractivity contribution in [3.63, 3.8) is 0 Å². The third-order valence-corrected chi connectivity index (χ3v) is 5.15. The van der Waals surface area contributed by atoms with Crippen LogP contribution in [0, 0.1) is 0 Å². The average Bonchev–Trinajstić information content (AvgIpc) is 3.08. The molecule has 2 fully saturated rings. The van der Waals surface area contributed by atoms with Crippen molar-refractivity contribution in [3.05, 3.63) is 42.0 Å². The third kappa shape index (κ3) is 2.77. The summed E-state index contributed by atoms with van der Waals surface area (Å²) in [5, 5.41) is 14.9. The van der Waals surface area contributed by atoms with Gasteiger partial charge in [-0.15, -0.1) is 0 Å². The van der Waals surface area contributed by atoms with E-state index >= 15 is 0 Å². The van der Waals surface area contributed by atoms with Crippen molar-refractivity contribution >= 4 is 22.7 Å². The molecule has 6 heteroatoms. The molecule has 0 saturated carbocycles. The van der Waals surface area contributed by atoms with E-state index in [-0.39, 0.29) is 23.7 Å². The number of urea groups is 1. The lowest BCUT2D eigenvalue weighted by Crippen LogP contribution is -2.50. The molecule has 2 aliphatic rings. The maximum absolute atomic E-state index is 13.0. The topological polar surface area (TPSA) is 72.9 Å². The predicted octanol–water partition coefficient (Wildman–Crippen LogP) is 2.18. The summed E-state index contributed by atoms with van der Waals surface area (Å²) in [5.74, 6) is -0.142. The molecule has 25 heavy (non-hydrogen) atoms. The highest BCUT2D eigenvalue weighted by atomic mass is 16.3. The molecule has 2 aliphatic heterocycles. The summed E-state index contributed by atoms with van der Waals surface area (Å²) >= 11 is 0. The second kappa shape index (κ2) is 6.27. The van der Waals surface area contributed by atoms with Crippen LogP contribution in [0.4, 0.5) is 4.79 Å². The fourth-order valence-electron chi connectivity index (χ4n) is 3.83. The fraction of sp³-hybridized carbons (Fsp3) is 0.368. The molecule has 0 aliphatic carbocycles. The number of rotatable bonds is 2.